The van der Waals surface area contributed by atoms with E-state index in [-0.39, 0.29) is 18.6 Å². The van der Waals surface area contributed by atoms with Gasteiger partial charge < -0.3 is 10.1 Å². The van der Waals surface area contributed by atoms with E-state index >= 15 is 0 Å². The van der Waals surface area contributed by atoms with Gasteiger partial charge in [-0.15, -0.1) is 11.3 Å². The smallest absolute Gasteiger partial charge is 0.349 e. The van der Waals surface area contributed by atoms with Crippen LogP contribution in [0.15, 0.2) is 60.0 Å². The summed E-state index contributed by atoms with van der Waals surface area (Å²) in [7, 11) is 0. The Labute approximate surface area is 174 Å². The highest BCUT2D eigenvalue weighted by Crippen LogP contribution is 2.30. The summed E-state index contributed by atoms with van der Waals surface area (Å²) >= 11 is 1.33. The minimum absolute atomic E-state index is 0.0176. The van der Waals surface area contributed by atoms with Gasteiger partial charge in [0.25, 0.3) is 5.91 Å². The van der Waals surface area contributed by atoms with Crippen molar-refractivity contribution in [1.82, 2.24) is 5.32 Å². The lowest BCUT2D eigenvalue weighted by Gasteiger charge is -2.26. The molecule has 0 unspecified atom stereocenters. The molecule has 1 aliphatic carbocycles. The van der Waals surface area contributed by atoms with E-state index in [1.165, 1.54) is 22.5 Å². The second-order valence-electron chi connectivity index (χ2n) is 7.32. The average Bonchev–Trinajstić information content (AvgIpc) is 3.23. The van der Waals surface area contributed by atoms with Crippen LogP contribution in [0.1, 0.15) is 45.2 Å². The van der Waals surface area contributed by atoms with Gasteiger partial charge in [0.2, 0.25) is 0 Å². The van der Waals surface area contributed by atoms with Crippen LogP contribution in [0.4, 0.5) is 0 Å². The van der Waals surface area contributed by atoms with E-state index in [0.717, 1.165) is 36.0 Å². The number of aryl methyl sites for hydroxylation is 2. The van der Waals surface area contributed by atoms with E-state index in [1.54, 1.807) is 0 Å². The summed E-state index contributed by atoms with van der Waals surface area (Å²) in [4.78, 5) is 25.5. The predicted octanol–water partition coefficient (Wildman–Crippen LogP) is 5.07. The molecule has 1 N–H and O–H groups in total. The summed E-state index contributed by atoms with van der Waals surface area (Å²) in [5.41, 5.74) is 5.41. The Balaban J connectivity index is 1.38. The Bertz CT molecular complexity index is 1020. The summed E-state index contributed by atoms with van der Waals surface area (Å²) in [6, 6.07) is 18.1. The van der Waals surface area contributed by atoms with Crippen LogP contribution in [0.3, 0.4) is 0 Å². The highest BCUT2D eigenvalue weighted by atomic mass is 32.1. The Morgan fingerprint density at radius 3 is 2.72 bits per heavy atom. The molecule has 4 rings (SSSR count). The van der Waals surface area contributed by atoms with E-state index in [0.29, 0.717) is 4.88 Å². The summed E-state index contributed by atoms with van der Waals surface area (Å²) in [6.07, 6.45) is 2.98. The number of esters is 1. The lowest BCUT2D eigenvalue weighted by atomic mass is 9.88. The molecule has 1 amide bonds. The first-order valence-corrected chi connectivity index (χ1v) is 10.7. The van der Waals surface area contributed by atoms with Crippen molar-refractivity contribution < 1.29 is 14.3 Å². The van der Waals surface area contributed by atoms with Crippen molar-refractivity contribution >= 4 is 23.2 Å². The molecule has 0 fully saturated rings. The topological polar surface area (TPSA) is 55.4 Å². The molecule has 0 spiro atoms. The fraction of sp³-hybridized carbons (Fsp3) is 0.250. The monoisotopic (exact) mass is 405 g/mol. The van der Waals surface area contributed by atoms with Crippen molar-refractivity contribution in [3.63, 3.8) is 0 Å². The van der Waals surface area contributed by atoms with Crippen LogP contribution < -0.4 is 5.32 Å². The Morgan fingerprint density at radius 1 is 1.10 bits per heavy atom. The number of benzene rings is 2. The number of hydrogen-bond acceptors (Lipinski definition) is 4. The quantitative estimate of drug-likeness (QED) is 0.603. The summed E-state index contributed by atoms with van der Waals surface area (Å²) in [5, 5.41) is 4.88. The van der Waals surface area contributed by atoms with E-state index in [2.05, 4.69) is 17.4 Å². The zero-order chi connectivity index (χ0) is 20.2. The molecule has 1 atom stereocenters. The van der Waals surface area contributed by atoms with Crippen molar-refractivity contribution in [2.45, 2.75) is 32.2 Å². The lowest BCUT2D eigenvalue weighted by molar-refractivity contribution is -0.125. The van der Waals surface area contributed by atoms with Crippen molar-refractivity contribution in [2.75, 3.05) is 6.61 Å². The molecule has 29 heavy (non-hydrogen) atoms. The highest BCUT2D eigenvalue weighted by molar-refractivity contribution is 7.12. The Hall–Kier alpha value is -2.92. The van der Waals surface area contributed by atoms with Crippen molar-refractivity contribution in [3.8, 4) is 11.1 Å². The molecule has 148 valence electrons. The number of amides is 1. The molecule has 2 aromatic carbocycles. The molecule has 0 aliphatic heterocycles. The van der Waals surface area contributed by atoms with Gasteiger partial charge in [0.05, 0.1) is 6.04 Å². The summed E-state index contributed by atoms with van der Waals surface area (Å²) in [5.74, 6) is -0.733. The van der Waals surface area contributed by atoms with Crippen LogP contribution in [-0.2, 0) is 16.0 Å². The highest BCUT2D eigenvalue weighted by Gasteiger charge is 2.22. The summed E-state index contributed by atoms with van der Waals surface area (Å²) in [6.45, 7) is 1.75. The SMILES string of the molecule is Cc1ccc(-c2ccsc2C(=O)OCC(=O)N[C@H]2CCCc3ccccc32)cc1. The van der Waals surface area contributed by atoms with Gasteiger partial charge >= 0.3 is 5.97 Å². The molecule has 1 aromatic heterocycles. The minimum Gasteiger partial charge on any atom is -0.451 e. The molecule has 0 saturated heterocycles. The second-order valence-corrected chi connectivity index (χ2v) is 8.23. The minimum atomic E-state index is -0.463. The largest absolute Gasteiger partial charge is 0.451 e. The lowest BCUT2D eigenvalue weighted by Crippen LogP contribution is -2.34. The first kappa shape index (κ1) is 19.4. The molecule has 5 heteroatoms. The first-order chi connectivity index (χ1) is 14.1. The third-order valence-corrected chi connectivity index (χ3v) is 6.15. The van der Waals surface area contributed by atoms with Gasteiger partial charge in [-0.3, -0.25) is 4.79 Å². The maximum atomic E-state index is 12.6. The van der Waals surface area contributed by atoms with Crippen LogP contribution in [-0.4, -0.2) is 18.5 Å². The van der Waals surface area contributed by atoms with Gasteiger partial charge in [0, 0.05) is 5.56 Å². The molecule has 1 heterocycles. The van der Waals surface area contributed by atoms with Gasteiger partial charge in [-0.05, 0) is 54.3 Å². The maximum Gasteiger partial charge on any atom is 0.349 e. The molecule has 1 aliphatic rings. The molecular formula is C24H23NO3S. The van der Waals surface area contributed by atoms with Crippen LogP contribution >= 0.6 is 11.3 Å². The zero-order valence-corrected chi connectivity index (χ0v) is 17.1. The normalized spacial score (nSPS) is 15.4. The molecule has 0 saturated carbocycles. The Morgan fingerprint density at radius 2 is 1.90 bits per heavy atom. The number of rotatable bonds is 5. The number of carbonyl (C=O) groups excluding carboxylic acids is 2. The number of nitrogens with one attached hydrogen (secondary N) is 1. The van der Waals surface area contributed by atoms with Gasteiger partial charge in [0.15, 0.2) is 6.61 Å². The van der Waals surface area contributed by atoms with E-state index in [4.69, 9.17) is 4.74 Å². The third kappa shape index (κ3) is 4.40. The fourth-order valence-corrected chi connectivity index (χ4v) is 4.57. The predicted molar refractivity (Wildman–Crippen MR) is 115 cm³/mol. The third-order valence-electron chi connectivity index (χ3n) is 5.25. The van der Waals surface area contributed by atoms with Gasteiger partial charge in [-0.1, -0.05) is 54.1 Å². The Kier molecular flexibility index (Phi) is 5.76. The number of carbonyl (C=O) groups is 2. The second kappa shape index (κ2) is 8.62. The molecular weight excluding hydrogens is 382 g/mol. The molecule has 4 nitrogen and oxygen atoms in total. The number of fused-ring (bicyclic) bond motifs is 1. The van der Waals surface area contributed by atoms with Crippen LogP contribution in [0, 0.1) is 6.92 Å². The molecule has 0 radical (unpaired) electrons. The molecule has 3 aromatic rings. The van der Waals surface area contributed by atoms with Crippen LogP contribution in [0.25, 0.3) is 11.1 Å². The average molecular weight is 406 g/mol. The van der Waals surface area contributed by atoms with Crippen molar-refractivity contribution in [1.29, 1.82) is 0 Å². The van der Waals surface area contributed by atoms with Crippen molar-refractivity contribution in [3.05, 3.63) is 81.5 Å². The summed E-state index contributed by atoms with van der Waals surface area (Å²) < 4.78 is 5.32. The van der Waals surface area contributed by atoms with E-state index in [1.807, 2.05) is 54.8 Å². The van der Waals surface area contributed by atoms with Crippen LogP contribution in [0.5, 0.6) is 0 Å². The number of hydrogen-bond donors (Lipinski definition) is 1. The van der Waals surface area contributed by atoms with Gasteiger partial charge in [-0.2, -0.15) is 0 Å². The van der Waals surface area contributed by atoms with Gasteiger partial charge in [0.1, 0.15) is 4.88 Å². The van der Waals surface area contributed by atoms with Gasteiger partial charge in [-0.25, -0.2) is 4.79 Å². The van der Waals surface area contributed by atoms with E-state index in [9.17, 15) is 9.59 Å². The van der Waals surface area contributed by atoms with Crippen LogP contribution in [0.2, 0.25) is 0 Å². The zero-order valence-electron chi connectivity index (χ0n) is 16.3. The standard InChI is InChI=1S/C24H23NO3S/c1-16-9-11-18(12-10-16)20-13-14-29-23(20)24(27)28-15-22(26)25-21-8-4-6-17-5-2-3-7-19(17)21/h2-3,5,7,9-14,21H,4,6,8,15H2,1H3,(H,25,26)/t21-/m0/s1. The number of ether oxygens (including phenoxy) is 1. The molecule has 0 bridgehead atoms. The van der Waals surface area contributed by atoms with E-state index < -0.39 is 5.97 Å². The first-order valence-electron chi connectivity index (χ1n) is 9.80. The number of thiophene rings is 1. The fourth-order valence-electron chi connectivity index (χ4n) is 3.76. The van der Waals surface area contributed by atoms with Crippen molar-refractivity contribution in [2.24, 2.45) is 0 Å². The maximum absolute atomic E-state index is 12.6.